The normalized spacial score (nSPS) is 19.0. The van der Waals surface area contributed by atoms with Gasteiger partial charge in [-0.05, 0) is 62.6 Å². The number of ketones is 1. The third-order valence-corrected chi connectivity index (χ3v) is 7.91. The molecule has 3 aromatic rings. The van der Waals surface area contributed by atoms with Crippen LogP contribution in [0, 0.1) is 0 Å². The minimum absolute atomic E-state index is 0.193. The molecule has 144 valence electrons. The molecular formula is C23H22ClNO2S. The zero-order valence-corrected chi connectivity index (χ0v) is 17.6. The number of nitrogens with zero attached hydrogens (tertiary/aromatic N) is 1. The number of thiophene rings is 1. The Morgan fingerprint density at radius 3 is 2.71 bits per heavy atom. The van der Waals surface area contributed by atoms with Gasteiger partial charge in [-0.1, -0.05) is 24.6 Å². The van der Waals surface area contributed by atoms with Crippen LogP contribution in [0.15, 0.2) is 29.2 Å². The van der Waals surface area contributed by atoms with E-state index in [0.717, 1.165) is 30.3 Å². The molecule has 1 fully saturated rings. The van der Waals surface area contributed by atoms with Gasteiger partial charge in [-0.3, -0.25) is 9.59 Å². The van der Waals surface area contributed by atoms with Crippen LogP contribution in [0.1, 0.15) is 72.3 Å². The summed E-state index contributed by atoms with van der Waals surface area (Å²) in [7, 11) is 0. The molecule has 2 aromatic heterocycles. The Kier molecular flexibility index (Phi) is 4.25. The predicted molar refractivity (Wildman–Crippen MR) is 116 cm³/mol. The van der Waals surface area contributed by atoms with E-state index in [0.29, 0.717) is 22.4 Å². The maximum Gasteiger partial charge on any atom is 0.200 e. The number of halogens is 1. The van der Waals surface area contributed by atoms with Crippen LogP contribution in [0.25, 0.3) is 21.3 Å². The highest BCUT2D eigenvalue weighted by Gasteiger charge is 2.28. The summed E-state index contributed by atoms with van der Waals surface area (Å²) >= 11 is 8.75. The molecule has 0 bridgehead atoms. The first-order valence-electron chi connectivity index (χ1n) is 9.97. The van der Waals surface area contributed by atoms with Crippen molar-refractivity contribution in [1.29, 1.82) is 0 Å². The number of pyridine rings is 1. The molecule has 1 saturated carbocycles. The lowest BCUT2D eigenvalue weighted by Crippen LogP contribution is -2.17. The van der Waals surface area contributed by atoms with E-state index in [1.807, 2.05) is 23.5 Å². The smallest absolute Gasteiger partial charge is 0.200 e. The number of benzene rings is 1. The summed E-state index contributed by atoms with van der Waals surface area (Å²) in [6.45, 7) is 3.75. The third kappa shape index (κ3) is 2.77. The van der Waals surface area contributed by atoms with Crippen molar-refractivity contribution in [2.75, 3.05) is 0 Å². The van der Waals surface area contributed by atoms with Crippen molar-refractivity contribution in [3.8, 4) is 10.4 Å². The molecule has 1 unspecified atom stereocenters. The van der Waals surface area contributed by atoms with E-state index >= 15 is 0 Å². The first kappa shape index (κ1) is 18.1. The fraction of sp³-hybridized carbons (Fsp3) is 0.391. The van der Waals surface area contributed by atoms with E-state index in [4.69, 9.17) is 11.6 Å². The van der Waals surface area contributed by atoms with Gasteiger partial charge in [0.25, 0.3) is 0 Å². The summed E-state index contributed by atoms with van der Waals surface area (Å²) in [5, 5.41) is 1.17. The van der Waals surface area contributed by atoms with Crippen LogP contribution in [-0.4, -0.2) is 10.4 Å². The number of fused-ring (bicyclic) bond motifs is 2. The molecule has 3 nitrogen and oxygen atoms in total. The van der Waals surface area contributed by atoms with Crippen LogP contribution in [0.4, 0.5) is 0 Å². The van der Waals surface area contributed by atoms with Crippen molar-refractivity contribution in [3.63, 3.8) is 0 Å². The second-order valence-corrected chi connectivity index (χ2v) is 9.64. The largest absolute Gasteiger partial charge is 0.342 e. The molecule has 5 rings (SSSR count). The lowest BCUT2D eigenvalue weighted by Gasteiger charge is -2.17. The number of hydrogen-bond acceptors (Lipinski definition) is 3. The summed E-state index contributed by atoms with van der Waals surface area (Å²) in [5.74, 6) is 0.408. The summed E-state index contributed by atoms with van der Waals surface area (Å²) in [6, 6.07) is 6.42. The quantitative estimate of drug-likeness (QED) is 0.470. The minimum atomic E-state index is -0.216. The van der Waals surface area contributed by atoms with Crippen LogP contribution in [0.5, 0.6) is 0 Å². The Balaban J connectivity index is 1.76. The van der Waals surface area contributed by atoms with Crippen LogP contribution < -0.4 is 5.43 Å². The average molecular weight is 412 g/mol. The fourth-order valence-electron chi connectivity index (χ4n) is 4.41. The van der Waals surface area contributed by atoms with Crippen LogP contribution in [0.2, 0.25) is 5.02 Å². The molecule has 2 aliphatic rings. The molecule has 0 N–H and O–H groups in total. The van der Waals surface area contributed by atoms with E-state index < -0.39 is 0 Å². The number of hydrogen-bond donors (Lipinski definition) is 0. The highest BCUT2D eigenvalue weighted by molar-refractivity contribution is 7.15. The molecule has 0 spiro atoms. The van der Waals surface area contributed by atoms with E-state index in [1.165, 1.54) is 35.1 Å². The molecule has 0 aliphatic heterocycles. The number of carbonyl (C=O) groups excluding carboxylic acids is 1. The molecule has 1 atom stereocenters. The predicted octanol–water partition coefficient (Wildman–Crippen LogP) is 6.36. The molecule has 0 saturated heterocycles. The van der Waals surface area contributed by atoms with Gasteiger partial charge in [-0.2, -0.15) is 0 Å². The number of rotatable bonds is 3. The minimum Gasteiger partial charge on any atom is -0.342 e. The zero-order chi connectivity index (χ0) is 19.6. The summed E-state index contributed by atoms with van der Waals surface area (Å²) < 4.78 is 2.06. The zero-order valence-electron chi connectivity index (χ0n) is 16.0. The highest BCUT2D eigenvalue weighted by atomic mass is 35.5. The molecule has 2 heterocycles. The Hall–Kier alpha value is -1.91. The molecule has 1 aromatic carbocycles. The van der Waals surface area contributed by atoms with Crippen molar-refractivity contribution in [1.82, 2.24) is 4.57 Å². The summed E-state index contributed by atoms with van der Waals surface area (Å²) in [4.78, 5) is 27.5. The summed E-state index contributed by atoms with van der Waals surface area (Å²) in [6.07, 6.45) is 7.46. The number of aromatic nitrogens is 1. The SMILES string of the molecule is CC(=O)c1cn(C2CC2)c2c(Cl)c(-c3cc4c(s3)C(C)CCC4)ccc2c1=O. The van der Waals surface area contributed by atoms with E-state index in [-0.39, 0.29) is 16.8 Å². The van der Waals surface area contributed by atoms with Gasteiger partial charge in [0.15, 0.2) is 11.2 Å². The van der Waals surface area contributed by atoms with Crippen LogP contribution in [0.3, 0.4) is 0 Å². The second-order valence-electron chi connectivity index (χ2n) is 8.18. The Labute approximate surface area is 173 Å². The van der Waals surface area contributed by atoms with Gasteiger partial charge in [0.1, 0.15) is 0 Å². The first-order chi connectivity index (χ1) is 13.5. The average Bonchev–Trinajstić information content (AvgIpc) is 3.41. The standard InChI is InChI=1S/C23H22ClNO2S/c1-12-4-3-5-14-10-19(28-23(12)14)16-8-9-17-21(20(16)24)25(15-6-7-15)11-18(13(2)26)22(17)27/h8-12,15H,3-7H2,1-2H3. The van der Waals surface area contributed by atoms with Gasteiger partial charge in [0, 0.05) is 32.9 Å². The van der Waals surface area contributed by atoms with Gasteiger partial charge in [0.05, 0.1) is 16.1 Å². The maximum absolute atomic E-state index is 12.9. The van der Waals surface area contributed by atoms with Crippen molar-refractivity contribution in [2.24, 2.45) is 0 Å². The van der Waals surface area contributed by atoms with Crippen molar-refractivity contribution >= 4 is 39.6 Å². The van der Waals surface area contributed by atoms with Gasteiger partial charge < -0.3 is 4.57 Å². The number of aryl methyl sites for hydroxylation is 1. The molecule has 2 aliphatic carbocycles. The fourth-order valence-corrected chi connectivity index (χ4v) is 6.16. The molecular weight excluding hydrogens is 390 g/mol. The lowest BCUT2D eigenvalue weighted by atomic mass is 9.90. The van der Waals surface area contributed by atoms with E-state index in [9.17, 15) is 9.59 Å². The maximum atomic E-state index is 12.9. The second kappa shape index (κ2) is 6.57. The third-order valence-electron chi connectivity index (χ3n) is 6.09. The van der Waals surface area contributed by atoms with E-state index in [2.05, 4.69) is 17.6 Å². The van der Waals surface area contributed by atoms with Crippen molar-refractivity contribution in [3.05, 3.63) is 55.6 Å². The van der Waals surface area contributed by atoms with Crippen molar-refractivity contribution < 1.29 is 4.79 Å². The van der Waals surface area contributed by atoms with Crippen LogP contribution >= 0.6 is 22.9 Å². The highest BCUT2D eigenvalue weighted by Crippen LogP contribution is 2.45. The van der Waals surface area contributed by atoms with E-state index in [1.54, 1.807) is 6.20 Å². The Bertz CT molecular complexity index is 1190. The van der Waals surface area contributed by atoms with Gasteiger partial charge in [-0.25, -0.2) is 0 Å². The van der Waals surface area contributed by atoms with Crippen molar-refractivity contribution in [2.45, 2.75) is 57.9 Å². The van der Waals surface area contributed by atoms with Gasteiger partial charge >= 0.3 is 0 Å². The van der Waals surface area contributed by atoms with Gasteiger partial charge in [0.2, 0.25) is 0 Å². The summed E-state index contributed by atoms with van der Waals surface area (Å²) in [5.41, 5.74) is 3.25. The molecule has 28 heavy (non-hydrogen) atoms. The molecule has 0 radical (unpaired) electrons. The van der Waals surface area contributed by atoms with Gasteiger partial charge in [-0.15, -0.1) is 11.3 Å². The van der Waals surface area contributed by atoms with Crippen LogP contribution in [-0.2, 0) is 6.42 Å². The Morgan fingerprint density at radius 1 is 1.25 bits per heavy atom. The topological polar surface area (TPSA) is 39.1 Å². The molecule has 0 amide bonds. The monoisotopic (exact) mass is 411 g/mol. The molecule has 5 heteroatoms. The Morgan fingerprint density at radius 2 is 2.04 bits per heavy atom. The first-order valence-corrected chi connectivity index (χ1v) is 11.2. The lowest BCUT2D eigenvalue weighted by molar-refractivity contribution is 0.101. The number of Topliss-reactive ketones (excluding diaryl/α,β-unsaturated/α-hetero) is 1. The number of carbonyl (C=O) groups is 1.